The molecule has 0 aliphatic carbocycles. The normalized spacial score (nSPS) is 16.2. The maximum Gasteiger partial charge on any atom is 0.234 e. The van der Waals surface area contributed by atoms with Crippen LogP contribution in [0, 0.1) is 0 Å². The van der Waals surface area contributed by atoms with Crippen molar-refractivity contribution < 1.29 is 14.4 Å². The predicted molar refractivity (Wildman–Crippen MR) is 83.9 cm³/mol. The van der Waals surface area contributed by atoms with Crippen LogP contribution in [0.2, 0.25) is 0 Å². The van der Waals surface area contributed by atoms with Gasteiger partial charge in [0.15, 0.2) is 0 Å². The lowest BCUT2D eigenvalue weighted by Gasteiger charge is -2.34. The van der Waals surface area contributed by atoms with E-state index in [-0.39, 0.29) is 5.91 Å². The van der Waals surface area contributed by atoms with Crippen LogP contribution in [0.4, 0.5) is 0 Å². The van der Waals surface area contributed by atoms with Crippen LogP contribution in [-0.4, -0.2) is 81.3 Å². The van der Waals surface area contributed by atoms with Gasteiger partial charge < -0.3 is 14.9 Å². The number of nitrogens with two attached hydrogens (primary N) is 1. The summed E-state index contributed by atoms with van der Waals surface area (Å²) in [7, 11) is 0. The second-order valence-electron chi connectivity index (χ2n) is 4.55. The maximum atomic E-state index is 11.5. The van der Waals surface area contributed by atoms with Crippen LogP contribution in [0.5, 0.6) is 0 Å². The monoisotopic (exact) mass is 304 g/mol. The van der Waals surface area contributed by atoms with E-state index in [4.69, 9.17) is 10.6 Å². The van der Waals surface area contributed by atoms with Gasteiger partial charge in [-0.05, 0) is 6.92 Å². The summed E-state index contributed by atoms with van der Waals surface area (Å²) < 4.78 is 5.38. The molecule has 0 spiro atoms. The summed E-state index contributed by atoms with van der Waals surface area (Å²) in [6, 6.07) is 0. The zero-order valence-electron chi connectivity index (χ0n) is 13.8. The van der Waals surface area contributed by atoms with Crippen molar-refractivity contribution in [3.8, 4) is 0 Å². The Bertz CT molecular complexity index is 246. The molecule has 1 heterocycles. The van der Waals surface area contributed by atoms with Crippen molar-refractivity contribution in [1.82, 2.24) is 15.1 Å². The Hall–Kier alpha value is -0.730. The second-order valence-corrected chi connectivity index (χ2v) is 4.55. The molecule has 1 rings (SSSR count). The lowest BCUT2D eigenvalue weighted by molar-refractivity contribution is -0.122. The Morgan fingerprint density at radius 3 is 2.29 bits per heavy atom. The van der Waals surface area contributed by atoms with Crippen LogP contribution in [0.15, 0.2) is 0 Å². The highest BCUT2D eigenvalue weighted by atomic mass is 16.6. The van der Waals surface area contributed by atoms with Crippen molar-refractivity contribution in [1.29, 1.82) is 0 Å². The number of rotatable bonds is 9. The lowest BCUT2D eigenvalue weighted by Crippen LogP contribution is -2.50. The third-order valence-corrected chi connectivity index (χ3v) is 3.10. The van der Waals surface area contributed by atoms with Crippen LogP contribution in [0.1, 0.15) is 20.8 Å². The van der Waals surface area contributed by atoms with Crippen LogP contribution >= 0.6 is 0 Å². The first-order chi connectivity index (χ1) is 10.3. The summed E-state index contributed by atoms with van der Waals surface area (Å²) in [5.41, 5.74) is 0. The molecule has 1 aliphatic heterocycles. The van der Waals surface area contributed by atoms with Crippen LogP contribution in [0.3, 0.4) is 0 Å². The van der Waals surface area contributed by atoms with Crippen LogP contribution in [0.25, 0.3) is 0 Å². The molecule has 21 heavy (non-hydrogen) atoms. The lowest BCUT2D eigenvalue weighted by atomic mass is 10.3. The molecule has 0 aromatic carbocycles. The fraction of sp³-hybridized carbons (Fsp3) is 0.929. The molecule has 126 valence electrons. The van der Waals surface area contributed by atoms with Gasteiger partial charge in [-0.15, -0.1) is 0 Å². The summed E-state index contributed by atoms with van der Waals surface area (Å²) in [6.07, 6.45) is 0. The molecule has 7 heteroatoms. The molecule has 1 fully saturated rings. The van der Waals surface area contributed by atoms with E-state index in [0.29, 0.717) is 32.9 Å². The largest absolute Gasteiger partial charge is 0.378 e. The molecule has 0 radical (unpaired) electrons. The van der Waals surface area contributed by atoms with E-state index >= 15 is 0 Å². The summed E-state index contributed by atoms with van der Waals surface area (Å²) in [5.74, 6) is 5.01. The molecule has 0 unspecified atom stereocenters. The average molecular weight is 304 g/mol. The quantitative estimate of drug-likeness (QED) is 0.449. The van der Waals surface area contributed by atoms with Gasteiger partial charge in [0.2, 0.25) is 5.91 Å². The van der Waals surface area contributed by atoms with Gasteiger partial charge in [0.05, 0.1) is 26.4 Å². The molecule has 0 atom stereocenters. The molecule has 0 aromatic rings. The SMILES string of the molecule is CC.CCNC(=O)CN1CCN(CCOCCON)CC1. The zero-order chi connectivity index (χ0) is 15.9. The molecule has 1 saturated heterocycles. The smallest absolute Gasteiger partial charge is 0.234 e. The Balaban J connectivity index is 0.00000191. The van der Waals surface area contributed by atoms with Crippen molar-refractivity contribution in [2.24, 2.45) is 5.90 Å². The Labute approximate surface area is 128 Å². The third kappa shape index (κ3) is 10.6. The number of nitrogens with one attached hydrogen (secondary N) is 1. The van der Waals surface area contributed by atoms with Gasteiger partial charge in [0.1, 0.15) is 0 Å². The molecule has 7 nitrogen and oxygen atoms in total. The van der Waals surface area contributed by atoms with Crippen molar-refractivity contribution in [2.45, 2.75) is 20.8 Å². The summed E-state index contributed by atoms with van der Waals surface area (Å²) in [5, 5.41) is 2.82. The number of hydrogen-bond donors (Lipinski definition) is 2. The van der Waals surface area contributed by atoms with Gasteiger partial charge in [0.25, 0.3) is 0 Å². The Morgan fingerprint density at radius 1 is 1.10 bits per heavy atom. The Kier molecular flexibility index (Phi) is 13.7. The number of likely N-dealkylation sites (N-methyl/N-ethyl adjacent to an activating group) is 1. The first-order valence-electron chi connectivity index (χ1n) is 7.87. The van der Waals surface area contributed by atoms with Crippen molar-refractivity contribution in [3.05, 3.63) is 0 Å². The third-order valence-electron chi connectivity index (χ3n) is 3.10. The highest BCUT2D eigenvalue weighted by Crippen LogP contribution is 2.00. The summed E-state index contributed by atoms with van der Waals surface area (Å²) in [6.45, 7) is 13.5. The van der Waals surface area contributed by atoms with Gasteiger partial charge in [-0.1, -0.05) is 13.8 Å². The van der Waals surface area contributed by atoms with E-state index in [9.17, 15) is 4.79 Å². The second kappa shape index (κ2) is 14.2. The van der Waals surface area contributed by atoms with E-state index in [1.807, 2.05) is 20.8 Å². The standard InChI is InChI=1S/C12H26N4O3.C2H6/c1-2-14-12(17)11-16-5-3-15(4-6-16)7-8-18-9-10-19-13;1-2/h2-11,13H2,1H3,(H,14,17);1-2H3. The van der Waals surface area contributed by atoms with Crippen LogP contribution < -0.4 is 11.2 Å². The molecule has 1 aliphatic rings. The number of hydrogen-bond acceptors (Lipinski definition) is 6. The van der Waals surface area contributed by atoms with E-state index < -0.39 is 0 Å². The van der Waals surface area contributed by atoms with Gasteiger partial charge in [-0.3, -0.25) is 14.6 Å². The van der Waals surface area contributed by atoms with E-state index in [1.54, 1.807) is 0 Å². The number of carbonyl (C=O) groups is 1. The van der Waals surface area contributed by atoms with E-state index in [2.05, 4.69) is 20.0 Å². The minimum Gasteiger partial charge on any atom is -0.378 e. The van der Waals surface area contributed by atoms with Crippen molar-refractivity contribution in [2.75, 3.05) is 65.6 Å². The van der Waals surface area contributed by atoms with Gasteiger partial charge in [-0.25, -0.2) is 5.90 Å². The highest BCUT2D eigenvalue weighted by molar-refractivity contribution is 5.77. The number of carbonyl (C=O) groups excluding carboxylic acids is 1. The number of ether oxygens (including phenoxy) is 1. The molecular weight excluding hydrogens is 272 g/mol. The number of nitrogens with zero attached hydrogens (tertiary/aromatic N) is 2. The van der Waals surface area contributed by atoms with Gasteiger partial charge >= 0.3 is 0 Å². The molecule has 0 saturated carbocycles. The molecule has 3 N–H and O–H groups in total. The first kappa shape index (κ1) is 20.3. The minimum absolute atomic E-state index is 0.112. The van der Waals surface area contributed by atoms with E-state index in [1.165, 1.54) is 0 Å². The highest BCUT2D eigenvalue weighted by Gasteiger charge is 2.18. The first-order valence-corrected chi connectivity index (χ1v) is 7.87. The maximum absolute atomic E-state index is 11.5. The fourth-order valence-electron chi connectivity index (χ4n) is 2.03. The number of piperazine rings is 1. The summed E-state index contributed by atoms with van der Waals surface area (Å²) >= 11 is 0. The number of amides is 1. The average Bonchev–Trinajstić information content (AvgIpc) is 2.51. The zero-order valence-corrected chi connectivity index (χ0v) is 13.8. The topological polar surface area (TPSA) is 80.1 Å². The van der Waals surface area contributed by atoms with Gasteiger partial charge in [-0.2, -0.15) is 0 Å². The molecule has 1 amide bonds. The summed E-state index contributed by atoms with van der Waals surface area (Å²) in [4.78, 5) is 20.4. The molecule has 0 aromatic heterocycles. The van der Waals surface area contributed by atoms with Crippen LogP contribution in [-0.2, 0) is 14.4 Å². The molecule has 0 bridgehead atoms. The van der Waals surface area contributed by atoms with Gasteiger partial charge in [0, 0.05) is 39.3 Å². The minimum atomic E-state index is 0.112. The molecular formula is C14H32N4O3. The van der Waals surface area contributed by atoms with Crippen molar-refractivity contribution in [3.63, 3.8) is 0 Å². The Morgan fingerprint density at radius 2 is 1.71 bits per heavy atom. The van der Waals surface area contributed by atoms with Crippen molar-refractivity contribution >= 4 is 5.91 Å². The van der Waals surface area contributed by atoms with E-state index in [0.717, 1.165) is 32.7 Å². The predicted octanol–water partition coefficient (Wildman–Crippen LogP) is -0.327. The fourth-order valence-corrected chi connectivity index (χ4v) is 2.03.